The molecule has 0 unspecified atom stereocenters. The summed E-state index contributed by atoms with van der Waals surface area (Å²) in [6, 6.07) is 5.65. The Kier molecular flexibility index (Phi) is 6.44. The molecule has 0 aromatic carbocycles. The van der Waals surface area contributed by atoms with Gasteiger partial charge in [-0.1, -0.05) is 24.3 Å². The summed E-state index contributed by atoms with van der Waals surface area (Å²) in [7, 11) is 1.39. The zero-order chi connectivity index (χ0) is 18.2. The molecule has 1 aliphatic rings. The van der Waals surface area contributed by atoms with Crippen molar-refractivity contribution in [3.8, 4) is 10.6 Å². The highest BCUT2D eigenvalue weighted by Gasteiger charge is 2.11. The van der Waals surface area contributed by atoms with Crippen LogP contribution < -0.4 is 0 Å². The molecule has 0 amide bonds. The molecule has 2 aromatic heterocycles. The first-order valence-electron chi connectivity index (χ1n) is 8.63. The lowest BCUT2D eigenvalue weighted by Crippen LogP contribution is -2.01. The second kappa shape index (κ2) is 9.20. The van der Waals surface area contributed by atoms with E-state index in [-0.39, 0.29) is 5.97 Å². The van der Waals surface area contributed by atoms with Crippen molar-refractivity contribution in [3.05, 3.63) is 65.4 Å². The maximum Gasteiger partial charge on any atom is 0.348 e. The Morgan fingerprint density at radius 1 is 1.23 bits per heavy atom. The molecular formula is C20H22N2O3S. The molecular weight excluding hydrogens is 348 g/mol. The topological polar surface area (TPSA) is 53.4 Å². The van der Waals surface area contributed by atoms with Gasteiger partial charge < -0.3 is 9.47 Å². The highest BCUT2D eigenvalue weighted by molar-refractivity contribution is 7.17. The number of carbonyl (C=O) groups excluding carboxylic acids is 1. The van der Waals surface area contributed by atoms with Gasteiger partial charge >= 0.3 is 5.97 Å². The largest absolute Gasteiger partial charge is 0.498 e. The molecule has 2 aromatic rings. The first kappa shape index (κ1) is 18.2. The van der Waals surface area contributed by atoms with E-state index in [1.54, 1.807) is 6.07 Å². The fraction of sp³-hybridized carbons (Fsp3) is 0.300. The number of hydrogen-bond acceptors (Lipinski definition) is 5. The SMILES string of the molecule is COC(=O)c1ccc(-c2ccn(CCCCOC3=CC=CC=CC3)n2)s1. The Hall–Kier alpha value is -2.60. The van der Waals surface area contributed by atoms with Crippen LogP contribution in [-0.4, -0.2) is 29.5 Å². The zero-order valence-electron chi connectivity index (χ0n) is 14.8. The summed E-state index contributed by atoms with van der Waals surface area (Å²) in [6.07, 6.45) is 14.9. The lowest BCUT2D eigenvalue weighted by molar-refractivity contribution is 0.0606. The van der Waals surface area contributed by atoms with Gasteiger partial charge in [-0.15, -0.1) is 11.3 Å². The van der Waals surface area contributed by atoms with Gasteiger partial charge in [0, 0.05) is 19.2 Å². The number of ether oxygens (including phenoxy) is 2. The van der Waals surface area contributed by atoms with E-state index in [1.165, 1.54) is 18.4 Å². The Morgan fingerprint density at radius 3 is 3.04 bits per heavy atom. The van der Waals surface area contributed by atoms with Gasteiger partial charge in [0.2, 0.25) is 0 Å². The second-order valence-electron chi connectivity index (χ2n) is 5.83. The summed E-state index contributed by atoms with van der Waals surface area (Å²) >= 11 is 1.39. The van der Waals surface area contributed by atoms with Crippen molar-refractivity contribution in [3.63, 3.8) is 0 Å². The summed E-state index contributed by atoms with van der Waals surface area (Å²) in [5, 5.41) is 4.58. The summed E-state index contributed by atoms with van der Waals surface area (Å²) in [6.45, 7) is 1.56. The monoisotopic (exact) mass is 370 g/mol. The van der Waals surface area contributed by atoms with Crippen molar-refractivity contribution in [2.45, 2.75) is 25.8 Å². The molecule has 0 spiro atoms. The van der Waals surface area contributed by atoms with Gasteiger partial charge in [-0.2, -0.15) is 5.10 Å². The number of allylic oxidation sites excluding steroid dienone is 5. The van der Waals surface area contributed by atoms with Gasteiger partial charge in [-0.3, -0.25) is 4.68 Å². The molecule has 3 rings (SSSR count). The van der Waals surface area contributed by atoms with Crippen molar-refractivity contribution in [1.82, 2.24) is 9.78 Å². The number of thiophene rings is 1. The number of esters is 1. The summed E-state index contributed by atoms with van der Waals surface area (Å²) in [4.78, 5) is 13.1. The first-order valence-corrected chi connectivity index (χ1v) is 9.45. The second-order valence-corrected chi connectivity index (χ2v) is 6.91. The Labute approximate surface area is 157 Å². The van der Waals surface area contributed by atoms with Gasteiger partial charge in [-0.25, -0.2) is 4.79 Å². The quantitative estimate of drug-likeness (QED) is 0.503. The molecule has 0 saturated carbocycles. The Bertz CT molecular complexity index is 830. The number of rotatable bonds is 8. The van der Waals surface area contributed by atoms with Crippen LogP contribution in [0.15, 0.2) is 60.5 Å². The normalized spacial score (nSPS) is 13.3. The number of methoxy groups -OCH3 is 1. The Balaban J connectivity index is 1.43. The van der Waals surface area contributed by atoms with E-state index in [2.05, 4.69) is 11.2 Å². The highest BCUT2D eigenvalue weighted by atomic mass is 32.1. The van der Waals surface area contributed by atoms with Gasteiger partial charge in [0.15, 0.2) is 0 Å². The van der Waals surface area contributed by atoms with Crippen LogP contribution in [0, 0.1) is 0 Å². The fourth-order valence-electron chi connectivity index (χ4n) is 2.55. The summed E-state index contributed by atoms with van der Waals surface area (Å²) in [5.41, 5.74) is 0.878. The molecule has 1 aliphatic carbocycles. The molecule has 136 valence electrons. The van der Waals surface area contributed by atoms with Crippen LogP contribution in [0.3, 0.4) is 0 Å². The smallest absolute Gasteiger partial charge is 0.348 e. The van der Waals surface area contributed by atoms with Gasteiger partial charge in [-0.05, 0) is 37.1 Å². The molecule has 26 heavy (non-hydrogen) atoms. The lowest BCUT2D eigenvalue weighted by atomic mass is 10.3. The Morgan fingerprint density at radius 2 is 2.15 bits per heavy atom. The number of unbranched alkanes of at least 4 members (excludes halogenated alkanes) is 1. The zero-order valence-corrected chi connectivity index (χ0v) is 15.6. The van der Waals surface area contributed by atoms with E-state index >= 15 is 0 Å². The van der Waals surface area contributed by atoms with Crippen LogP contribution in [0.25, 0.3) is 10.6 Å². The van der Waals surface area contributed by atoms with Crippen LogP contribution in [0.4, 0.5) is 0 Å². The average Bonchev–Trinajstić information content (AvgIpc) is 3.25. The van der Waals surface area contributed by atoms with E-state index in [0.29, 0.717) is 4.88 Å². The van der Waals surface area contributed by atoms with Crippen molar-refractivity contribution >= 4 is 17.3 Å². The minimum absolute atomic E-state index is 0.310. The highest BCUT2D eigenvalue weighted by Crippen LogP contribution is 2.27. The standard InChI is InChI=1S/C20H22N2O3S/c1-24-20(23)19-11-10-18(26-19)17-12-14-22(21-17)13-6-7-15-25-16-8-4-2-3-5-9-16/h2-5,8,10-12,14H,6-7,9,13,15H2,1H3. The number of aromatic nitrogens is 2. The molecule has 0 radical (unpaired) electrons. The first-order chi connectivity index (χ1) is 12.8. The van der Waals surface area contributed by atoms with Gasteiger partial charge in [0.05, 0.1) is 24.4 Å². The molecule has 0 saturated heterocycles. The fourth-order valence-corrected chi connectivity index (χ4v) is 3.44. The van der Waals surface area contributed by atoms with Gasteiger partial charge in [0.25, 0.3) is 0 Å². The maximum atomic E-state index is 11.5. The summed E-state index contributed by atoms with van der Waals surface area (Å²) < 4.78 is 12.5. The summed E-state index contributed by atoms with van der Waals surface area (Å²) in [5.74, 6) is 0.700. The molecule has 5 nitrogen and oxygen atoms in total. The molecule has 0 aliphatic heterocycles. The van der Waals surface area contributed by atoms with E-state index in [0.717, 1.165) is 48.7 Å². The molecule has 0 atom stereocenters. The van der Waals surface area contributed by atoms with Crippen molar-refractivity contribution in [1.29, 1.82) is 0 Å². The predicted molar refractivity (Wildman–Crippen MR) is 103 cm³/mol. The van der Waals surface area contributed by atoms with E-state index in [1.807, 2.05) is 47.3 Å². The van der Waals surface area contributed by atoms with Crippen molar-refractivity contribution in [2.24, 2.45) is 0 Å². The molecule has 2 heterocycles. The molecule has 0 fully saturated rings. The van der Waals surface area contributed by atoms with Crippen LogP contribution in [-0.2, 0) is 16.0 Å². The number of nitrogens with zero attached hydrogens (tertiary/aromatic N) is 2. The van der Waals surface area contributed by atoms with E-state index in [4.69, 9.17) is 9.47 Å². The third-order valence-corrected chi connectivity index (χ3v) is 5.00. The van der Waals surface area contributed by atoms with Crippen LogP contribution in [0.5, 0.6) is 0 Å². The van der Waals surface area contributed by atoms with Gasteiger partial charge in [0.1, 0.15) is 10.6 Å². The third-order valence-electron chi connectivity index (χ3n) is 3.91. The average molecular weight is 370 g/mol. The molecule has 6 heteroatoms. The number of hydrogen-bond donors (Lipinski definition) is 0. The predicted octanol–water partition coefficient (Wildman–Crippen LogP) is 4.60. The maximum absolute atomic E-state index is 11.5. The number of carbonyl (C=O) groups is 1. The van der Waals surface area contributed by atoms with Crippen LogP contribution >= 0.6 is 11.3 Å². The third kappa shape index (κ3) is 4.95. The van der Waals surface area contributed by atoms with Crippen LogP contribution in [0.1, 0.15) is 28.9 Å². The van der Waals surface area contributed by atoms with E-state index in [9.17, 15) is 4.79 Å². The van der Waals surface area contributed by atoms with E-state index < -0.39 is 0 Å². The lowest BCUT2D eigenvalue weighted by Gasteiger charge is -2.08. The van der Waals surface area contributed by atoms with Crippen molar-refractivity contribution in [2.75, 3.05) is 13.7 Å². The minimum Gasteiger partial charge on any atom is -0.498 e. The number of aryl methyl sites for hydroxylation is 1. The molecule has 0 bridgehead atoms. The minimum atomic E-state index is -0.310. The molecule has 0 N–H and O–H groups in total. The van der Waals surface area contributed by atoms with Crippen LogP contribution in [0.2, 0.25) is 0 Å². The van der Waals surface area contributed by atoms with Crippen molar-refractivity contribution < 1.29 is 14.3 Å².